The van der Waals surface area contributed by atoms with Crippen LogP contribution in [-0.2, 0) is 14.3 Å². The van der Waals surface area contributed by atoms with E-state index in [4.69, 9.17) is 4.74 Å². The van der Waals surface area contributed by atoms with Gasteiger partial charge in [0.15, 0.2) is 0 Å². The highest BCUT2D eigenvalue weighted by Crippen LogP contribution is 2.41. The van der Waals surface area contributed by atoms with Gasteiger partial charge in [-0.2, -0.15) is 0 Å². The number of carbonyl (C=O) groups is 2. The first-order valence-electron chi connectivity index (χ1n) is 7.26. The number of hydrogen-bond acceptors (Lipinski definition) is 3. The molecule has 5 nitrogen and oxygen atoms in total. The van der Waals surface area contributed by atoms with Gasteiger partial charge in [-0.3, -0.25) is 9.59 Å². The van der Waals surface area contributed by atoms with E-state index in [1.807, 2.05) is 6.92 Å². The molecule has 1 atom stereocenters. The highest BCUT2D eigenvalue weighted by Gasteiger charge is 2.52. The number of ether oxygens (including phenoxy) is 1. The van der Waals surface area contributed by atoms with Gasteiger partial charge in [0.05, 0.1) is 6.54 Å². The molecule has 1 heterocycles. The van der Waals surface area contributed by atoms with E-state index < -0.39 is 5.54 Å². The minimum atomic E-state index is -0.667. The summed E-state index contributed by atoms with van der Waals surface area (Å²) in [4.78, 5) is 25.9. The molecular formula is C14H24N2O3. The third kappa shape index (κ3) is 3.26. The third-order valence-electron chi connectivity index (χ3n) is 3.92. The zero-order valence-corrected chi connectivity index (χ0v) is 11.9. The van der Waals surface area contributed by atoms with E-state index in [0.717, 1.165) is 32.3 Å². The van der Waals surface area contributed by atoms with Crippen LogP contribution in [0, 0.1) is 5.92 Å². The molecule has 0 aromatic heterocycles. The first kappa shape index (κ1) is 14.3. The summed E-state index contributed by atoms with van der Waals surface area (Å²) in [6.45, 7) is 6.14. The molecule has 108 valence electrons. The number of nitrogens with zero attached hydrogens (tertiary/aromatic N) is 1. The normalized spacial score (nSPS) is 27.6. The Morgan fingerprint density at radius 1 is 1.37 bits per heavy atom. The van der Waals surface area contributed by atoms with Gasteiger partial charge in [-0.05, 0) is 38.5 Å². The maximum absolute atomic E-state index is 12.5. The highest BCUT2D eigenvalue weighted by molar-refractivity contribution is 5.98. The van der Waals surface area contributed by atoms with Gasteiger partial charge in [-0.15, -0.1) is 0 Å². The van der Waals surface area contributed by atoms with E-state index in [0.29, 0.717) is 19.1 Å². The van der Waals surface area contributed by atoms with E-state index >= 15 is 0 Å². The van der Waals surface area contributed by atoms with E-state index in [-0.39, 0.29) is 18.4 Å². The van der Waals surface area contributed by atoms with Gasteiger partial charge in [0.1, 0.15) is 5.54 Å². The molecule has 0 spiro atoms. The van der Waals surface area contributed by atoms with Crippen LogP contribution in [0.15, 0.2) is 0 Å². The number of amides is 2. The molecular weight excluding hydrogens is 244 g/mol. The van der Waals surface area contributed by atoms with Crippen LogP contribution in [0.2, 0.25) is 0 Å². The SMILES string of the molecule is CCCOCCCN1CC(=O)NC(C)(C2CC2)C1=O. The van der Waals surface area contributed by atoms with Crippen molar-refractivity contribution in [2.24, 2.45) is 5.92 Å². The largest absolute Gasteiger partial charge is 0.381 e. The molecule has 1 aliphatic heterocycles. The number of piperazine rings is 1. The molecule has 5 heteroatoms. The third-order valence-corrected chi connectivity index (χ3v) is 3.92. The second kappa shape index (κ2) is 5.90. The van der Waals surface area contributed by atoms with Crippen molar-refractivity contribution < 1.29 is 14.3 Å². The van der Waals surface area contributed by atoms with Crippen molar-refractivity contribution in [2.75, 3.05) is 26.3 Å². The van der Waals surface area contributed by atoms with Crippen LogP contribution in [0.5, 0.6) is 0 Å². The van der Waals surface area contributed by atoms with Crippen LogP contribution in [-0.4, -0.2) is 48.6 Å². The van der Waals surface area contributed by atoms with Gasteiger partial charge >= 0.3 is 0 Å². The zero-order valence-electron chi connectivity index (χ0n) is 11.9. The number of rotatable bonds is 7. The van der Waals surface area contributed by atoms with Crippen molar-refractivity contribution in [3.63, 3.8) is 0 Å². The van der Waals surface area contributed by atoms with Crippen molar-refractivity contribution >= 4 is 11.8 Å². The van der Waals surface area contributed by atoms with Gasteiger partial charge in [-0.25, -0.2) is 0 Å². The fourth-order valence-electron chi connectivity index (χ4n) is 2.68. The zero-order chi connectivity index (χ0) is 13.9. The lowest BCUT2D eigenvalue weighted by atomic mass is 9.91. The van der Waals surface area contributed by atoms with E-state index in [9.17, 15) is 9.59 Å². The molecule has 1 aliphatic carbocycles. The van der Waals surface area contributed by atoms with Crippen molar-refractivity contribution in [3.8, 4) is 0 Å². The van der Waals surface area contributed by atoms with Crippen molar-refractivity contribution in [2.45, 2.75) is 45.1 Å². The first-order chi connectivity index (χ1) is 9.08. The predicted octanol–water partition coefficient (Wildman–Crippen LogP) is 0.930. The molecule has 0 aromatic carbocycles. The molecule has 0 radical (unpaired) electrons. The monoisotopic (exact) mass is 268 g/mol. The summed E-state index contributed by atoms with van der Waals surface area (Å²) >= 11 is 0. The summed E-state index contributed by atoms with van der Waals surface area (Å²) in [5, 5.41) is 2.88. The standard InChI is InChI=1S/C14H24N2O3/c1-3-8-19-9-4-7-16-10-12(17)15-14(2,13(16)18)11-5-6-11/h11H,3-10H2,1-2H3,(H,15,17). The van der Waals surface area contributed by atoms with Gasteiger partial charge in [0, 0.05) is 19.8 Å². The Balaban J connectivity index is 1.85. The number of carbonyl (C=O) groups excluding carboxylic acids is 2. The lowest BCUT2D eigenvalue weighted by molar-refractivity contribution is -0.150. The smallest absolute Gasteiger partial charge is 0.248 e. The Morgan fingerprint density at radius 2 is 2.11 bits per heavy atom. The topological polar surface area (TPSA) is 58.6 Å². The summed E-state index contributed by atoms with van der Waals surface area (Å²) in [5.74, 6) is 0.358. The molecule has 0 aromatic rings. The minimum absolute atomic E-state index is 0.0384. The Morgan fingerprint density at radius 3 is 2.74 bits per heavy atom. The van der Waals surface area contributed by atoms with Crippen LogP contribution in [0.25, 0.3) is 0 Å². The van der Waals surface area contributed by atoms with Crippen molar-refractivity contribution in [1.82, 2.24) is 10.2 Å². The van der Waals surface area contributed by atoms with Crippen molar-refractivity contribution in [1.29, 1.82) is 0 Å². The molecule has 1 N–H and O–H groups in total. The van der Waals surface area contributed by atoms with Crippen LogP contribution in [0.3, 0.4) is 0 Å². The van der Waals surface area contributed by atoms with Gasteiger partial charge in [-0.1, -0.05) is 6.92 Å². The highest BCUT2D eigenvalue weighted by atomic mass is 16.5. The van der Waals surface area contributed by atoms with E-state index in [1.54, 1.807) is 4.90 Å². The minimum Gasteiger partial charge on any atom is -0.381 e. The second-order valence-electron chi connectivity index (χ2n) is 5.72. The molecule has 2 aliphatic rings. The lowest BCUT2D eigenvalue weighted by Gasteiger charge is -2.40. The fraction of sp³-hybridized carbons (Fsp3) is 0.857. The summed E-state index contributed by atoms with van der Waals surface area (Å²) in [7, 11) is 0. The van der Waals surface area contributed by atoms with Crippen molar-refractivity contribution in [3.05, 3.63) is 0 Å². The maximum Gasteiger partial charge on any atom is 0.248 e. The summed E-state index contributed by atoms with van der Waals surface area (Å²) < 4.78 is 5.41. The quantitative estimate of drug-likeness (QED) is 0.699. The van der Waals surface area contributed by atoms with E-state index in [2.05, 4.69) is 12.2 Å². The predicted molar refractivity (Wildman–Crippen MR) is 71.6 cm³/mol. The summed E-state index contributed by atoms with van der Waals surface area (Å²) in [6.07, 6.45) is 3.87. The Labute approximate surface area is 114 Å². The number of nitrogens with one attached hydrogen (secondary N) is 1. The molecule has 19 heavy (non-hydrogen) atoms. The molecule has 2 fully saturated rings. The van der Waals surface area contributed by atoms with E-state index in [1.165, 1.54) is 0 Å². The Bertz CT molecular complexity index is 355. The Hall–Kier alpha value is -1.10. The molecule has 1 unspecified atom stereocenters. The summed E-state index contributed by atoms with van der Waals surface area (Å²) in [5.41, 5.74) is -0.667. The number of hydrogen-bond donors (Lipinski definition) is 1. The average molecular weight is 268 g/mol. The van der Waals surface area contributed by atoms with Gasteiger partial charge in [0.25, 0.3) is 0 Å². The molecule has 1 saturated carbocycles. The molecule has 1 saturated heterocycles. The molecule has 2 rings (SSSR count). The van der Waals surface area contributed by atoms with Gasteiger partial charge < -0.3 is 15.0 Å². The first-order valence-corrected chi connectivity index (χ1v) is 7.26. The van der Waals surface area contributed by atoms with Crippen LogP contribution in [0.4, 0.5) is 0 Å². The maximum atomic E-state index is 12.5. The van der Waals surface area contributed by atoms with Crippen LogP contribution < -0.4 is 5.32 Å². The average Bonchev–Trinajstić information content (AvgIpc) is 3.19. The lowest BCUT2D eigenvalue weighted by Crippen LogP contribution is -2.66. The second-order valence-corrected chi connectivity index (χ2v) is 5.72. The fourth-order valence-corrected chi connectivity index (χ4v) is 2.68. The Kier molecular flexibility index (Phi) is 4.45. The molecule has 0 bridgehead atoms. The van der Waals surface area contributed by atoms with Crippen LogP contribution >= 0.6 is 0 Å². The van der Waals surface area contributed by atoms with Crippen LogP contribution in [0.1, 0.15) is 39.5 Å². The molecule has 2 amide bonds. The van der Waals surface area contributed by atoms with Gasteiger partial charge in [0.2, 0.25) is 11.8 Å². The summed E-state index contributed by atoms with van der Waals surface area (Å²) in [6, 6.07) is 0.